The average Bonchev–Trinajstić information content (AvgIpc) is 0.867. The molecule has 7 rings (SSSR count). The van der Waals surface area contributed by atoms with Gasteiger partial charge in [-0.25, -0.2) is 0 Å². The van der Waals surface area contributed by atoms with Gasteiger partial charge in [0.2, 0.25) is 0 Å². The van der Waals surface area contributed by atoms with Crippen LogP contribution in [0.5, 0.6) is 0 Å². The molecule has 1 aliphatic rings. The summed E-state index contributed by atoms with van der Waals surface area (Å²) in [6.45, 7) is 41.7. The van der Waals surface area contributed by atoms with Gasteiger partial charge in [-0.3, -0.25) is 0 Å². The molecule has 0 saturated heterocycles. The third kappa shape index (κ3) is 25.9. The Labute approximate surface area is 519 Å². The fraction of sp³-hybridized carbons (Fsp3) is 0.385. The van der Waals surface area contributed by atoms with Crippen LogP contribution in [0.15, 0.2) is 146 Å². The molecule has 0 unspecified atom stereocenters. The Hall–Kier alpha value is -4.72. The van der Waals surface area contributed by atoms with Crippen molar-refractivity contribution >= 4 is 34.6 Å². The molecule has 23 heteroatoms. The largest absolute Gasteiger partial charge is 3.00 e. The third-order valence-corrected chi connectivity index (χ3v) is 14.0. The molecule has 1 nitrogen and oxygen atoms in total. The van der Waals surface area contributed by atoms with Gasteiger partial charge < -0.3 is 5.32 Å². The molecule has 0 aromatic heterocycles. The van der Waals surface area contributed by atoms with Crippen LogP contribution in [-0.4, -0.2) is 0 Å². The smallest absolute Gasteiger partial charge is 3.00 e. The zero-order valence-corrected chi connectivity index (χ0v) is 57.4. The molecule has 0 radical (unpaired) electrons. The summed E-state index contributed by atoms with van der Waals surface area (Å²) >= 11 is 0. The Morgan fingerprint density at radius 2 is 0.545 bits per heavy atom. The Morgan fingerprint density at radius 3 is 0.830 bits per heavy atom. The molecule has 88 heavy (non-hydrogen) atoms. The van der Waals surface area contributed by atoms with Crippen molar-refractivity contribution in [2.75, 3.05) is 0 Å². The standard InChI is InChI=1S/C65H79N.3F6P.Ir/c1-59(2,3)45-25-29-47(30-26-45)65(48-31-27-46(28-32-48)60(4,5)6)58(54-36-34-52(64(16,17)18)42-57(54)44-22-20-24-50(40-44)62(10,11)12)55(37-38-66-65)53-35-33-51(63(13,14)15)41-56(53)43-21-19-23-49(39-43)61(7,8)9;3*1-7(2,3,4,5)6;/h19-42,66H,1-18H3;;;;/q;3*-1;+3. The van der Waals surface area contributed by atoms with Crippen LogP contribution in [-0.2, 0) is 58.1 Å². The molecule has 0 fully saturated rings. The SMILES string of the molecule is CC(C)(C)c1ccc(C2(c3ccc(C(C)(C)C)cc3)NC=CC(c3ccc(C(C)(C)C)cc3-c3cccc(C(C)(C)C)c3)=C2c2ccc(C(C)(C)C)cc2-c2cccc(C(C)(C)C)c2)cc1.F[P-](F)(F)(F)(F)F.F[P-](F)(F)(F)(F)F.F[P-](F)(F)(F)(F)F.[Ir+3]. The fourth-order valence-corrected chi connectivity index (χ4v) is 9.50. The van der Waals surface area contributed by atoms with Crippen LogP contribution in [0.25, 0.3) is 33.4 Å². The molecule has 1 aliphatic heterocycles. The number of hydrogen-bond donors (Lipinski definition) is 1. The average molecular weight is 1500 g/mol. The summed E-state index contributed by atoms with van der Waals surface area (Å²) in [5.74, 6) is 0. The van der Waals surface area contributed by atoms with Crippen molar-refractivity contribution < 1.29 is 95.6 Å². The van der Waals surface area contributed by atoms with Gasteiger partial charge in [0.15, 0.2) is 0 Å². The summed E-state index contributed by atoms with van der Waals surface area (Å²) < 4.78 is 178. The van der Waals surface area contributed by atoms with Crippen LogP contribution >= 0.6 is 23.4 Å². The van der Waals surface area contributed by atoms with Gasteiger partial charge in [-0.05, 0) is 128 Å². The summed E-state index contributed by atoms with van der Waals surface area (Å²) in [4.78, 5) is 0. The molecular weight excluding hydrogens is 1420 g/mol. The molecule has 6 aromatic rings. The number of nitrogens with one attached hydrogen (secondary N) is 1. The van der Waals surface area contributed by atoms with Gasteiger partial charge in [0.05, 0.1) is 0 Å². The molecular formula is C65H79F18IrNP3. The van der Waals surface area contributed by atoms with E-state index < -0.39 is 29.0 Å². The van der Waals surface area contributed by atoms with Crippen LogP contribution in [0.2, 0.25) is 0 Å². The molecule has 494 valence electrons. The second-order valence-corrected chi connectivity index (χ2v) is 34.0. The molecule has 0 atom stereocenters. The summed E-state index contributed by atoms with van der Waals surface area (Å²) in [6.07, 6.45) is 4.58. The second kappa shape index (κ2) is 22.5. The quantitative estimate of drug-likeness (QED) is 0.129. The van der Waals surface area contributed by atoms with Gasteiger partial charge in [0.1, 0.15) is 5.54 Å². The predicted octanol–water partition coefficient (Wildman–Crippen LogP) is 27.9. The van der Waals surface area contributed by atoms with Crippen molar-refractivity contribution in [2.24, 2.45) is 0 Å². The van der Waals surface area contributed by atoms with Crippen LogP contribution in [0.3, 0.4) is 0 Å². The minimum Gasteiger partial charge on any atom is 3.00 e. The Bertz CT molecular complexity index is 3390. The van der Waals surface area contributed by atoms with E-state index in [1.807, 2.05) is 0 Å². The van der Waals surface area contributed by atoms with Crippen LogP contribution in [0.1, 0.15) is 180 Å². The first-order chi connectivity index (χ1) is 37.8. The normalized spacial score (nSPS) is 16.7. The van der Waals surface area contributed by atoms with Crippen molar-refractivity contribution in [3.8, 4) is 22.3 Å². The van der Waals surface area contributed by atoms with Crippen molar-refractivity contribution in [1.29, 1.82) is 0 Å². The third-order valence-electron chi connectivity index (χ3n) is 14.0. The molecule has 1 heterocycles. The molecule has 6 aromatic carbocycles. The van der Waals surface area contributed by atoms with Gasteiger partial charge in [-0.1, -0.05) is 258 Å². The summed E-state index contributed by atoms with van der Waals surface area (Å²) in [7, 11) is -32.0. The maximum atomic E-state index is 9.87. The van der Waals surface area contributed by atoms with Gasteiger partial charge in [-0.15, -0.1) is 0 Å². The number of rotatable bonds is 6. The second-order valence-electron chi connectivity index (χ2n) is 28.2. The summed E-state index contributed by atoms with van der Waals surface area (Å²) in [6, 6.07) is 52.2. The number of hydrogen-bond acceptors (Lipinski definition) is 1. The monoisotopic (exact) mass is 1500 g/mol. The first-order valence-electron chi connectivity index (χ1n) is 27.5. The Morgan fingerprint density at radius 1 is 0.295 bits per heavy atom. The van der Waals surface area contributed by atoms with E-state index >= 15 is 0 Å². The Balaban J connectivity index is 0.000000786. The first kappa shape index (κ1) is 77.5. The fourth-order valence-electron chi connectivity index (χ4n) is 9.50. The molecule has 0 spiro atoms. The van der Waals surface area contributed by atoms with E-state index in [1.165, 1.54) is 89.0 Å². The summed E-state index contributed by atoms with van der Waals surface area (Å²) in [5.41, 5.74) is 19.2. The van der Waals surface area contributed by atoms with Gasteiger partial charge in [0, 0.05) is 5.57 Å². The minimum atomic E-state index is -10.7. The number of dihydropyridines is 1. The number of allylic oxidation sites excluding steroid dienone is 2. The first-order valence-corrected chi connectivity index (χ1v) is 33.5. The number of halogens is 18. The van der Waals surface area contributed by atoms with Crippen molar-refractivity contribution in [1.82, 2.24) is 5.32 Å². The van der Waals surface area contributed by atoms with E-state index in [0.717, 1.165) is 0 Å². The van der Waals surface area contributed by atoms with Gasteiger partial charge in [-0.2, -0.15) is 0 Å². The van der Waals surface area contributed by atoms with E-state index in [0.29, 0.717) is 0 Å². The maximum Gasteiger partial charge on any atom is 3.00 e. The number of benzene rings is 6. The van der Waals surface area contributed by atoms with E-state index in [2.05, 4.69) is 276 Å². The van der Waals surface area contributed by atoms with Crippen LogP contribution in [0, 0.1) is 0 Å². The molecule has 0 amide bonds. The Kier molecular flexibility index (Phi) is 19.9. The van der Waals surface area contributed by atoms with E-state index in [1.54, 1.807) is 0 Å². The van der Waals surface area contributed by atoms with E-state index in [9.17, 15) is 75.5 Å². The predicted molar refractivity (Wildman–Crippen MR) is 329 cm³/mol. The topological polar surface area (TPSA) is 12.0 Å². The minimum absolute atomic E-state index is 0. The molecule has 0 saturated carbocycles. The van der Waals surface area contributed by atoms with E-state index in [-0.39, 0.29) is 52.6 Å². The van der Waals surface area contributed by atoms with Crippen LogP contribution < -0.4 is 5.32 Å². The van der Waals surface area contributed by atoms with Gasteiger partial charge >= 0.3 is 119 Å². The summed E-state index contributed by atoms with van der Waals surface area (Å²) in [5, 5.41) is 4.17. The van der Waals surface area contributed by atoms with E-state index in [4.69, 9.17) is 0 Å². The van der Waals surface area contributed by atoms with Crippen molar-refractivity contribution in [3.05, 3.63) is 201 Å². The maximum absolute atomic E-state index is 10.7. The van der Waals surface area contributed by atoms with Gasteiger partial charge in [0.25, 0.3) is 0 Å². The molecule has 1 N–H and O–H groups in total. The van der Waals surface area contributed by atoms with Crippen LogP contribution in [0.4, 0.5) is 75.5 Å². The molecule has 0 aliphatic carbocycles. The van der Waals surface area contributed by atoms with Crippen molar-refractivity contribution in [3.63, 3.8) is 0 Å². The zero-order valence-electron chi connectivity index (χ0n) is 52.3. The van der Waals surface area contributed by atoms with Crippen molar-refractivity contribution in [2.45, 2.75) is 163 Å². The zero-order chi connectivity index (χ0) is 67.6. The molecule has 0 bridgehead atoms.